The van der Waals surface area contributed by atoms with Gasteiger partial charge in [0, 0.05) is 29.5 Å². The first kappa shape index (κ1) is 18.8. The molecule has 0 aliphatic rings. The van der Waals surface area contributed by atoms with Crippen LogP contribution in [0.4, 0.5) is 0 Å². The number of rotatable bonds is 9. The Morgan fingerprint density at radius 1 is 1.23 bits per heavy atom. The van der Waals surface area contributed by atoms with Crippen molar-refractivity contribution in [2.45, 2.75) is 32.4 Å². The monoisotopic (exact) mass is 419 g/mol. The van der Waals surface area contributed by atoms with Crippen LogP contribution in [0, 0.1) is 0 Å². The van der Waals surface area contributed by atoms with Crippen molar-refractivity contribution in [2.75, 3.05) is 13.1 Å². The van der Waals surface area contributed by atoms with Crippen LogP contribution in [0.25, 0.3) is 11.4 Å². The predicted molar refractivity (Wildman–Crippen MR) is 101 cm³/mol. The van der Waals surface area contributed by atoms with Gasteiger partial charge < -0.3 is 14.0 Å². The minimum Gasteiger partial charge on any atom is -0.468 e. The van der Waals surface area contributed by atoms with Crippen molar-refractivity contribution < 1.29 is 14.0 Å². The Balaban J connectivity index is 1.62. The maximum atomic E-state index is 10.0. The van der Waals surface area contributed by atoms with Gasteiger partial charge in [0.1, 0.15) is 5.76 Å². The first-order valence-corrected chi connectivity index (χ1v) is 9.44. The molecule has 1 aromatic carbocycles. The van der Waals surface area contributed by atoms with Gasteiger partial charge in [-0.25, -0.2) is 0 Å². The van der Waals surface area contributed by atoms with E-state index in [1.807, 2.05) is 43.3 Å². The topological polar surface area (TPSA) is 75.5 Å². The van der Waals surface area contributed by atoms with E-state index in [2.05, 4.69) is 31.0 Å². The van der Waals surface area contributed by atoms with Crippen molar-refractivity contribution in [3.8, 4) is 11.4 Å². The number of aliphatic hydroxyl groups is 1. The normalized spacial score (nSPS) is 12.6. The van der Waals surface area contributed by atoms with Crippen LogP contribution in [0.3, 0.4) is 0 Å². The van der Waals surface area contributed by atoms with Crippen LogP contribution in [0.1, 0.15) is 25.0 Å². The molecule has 0 saturated heterocycles. The molecular formula is C19H22BrN3O3. The molecule has 1 unspecified atom stereocenters. The molecule has 0 aliphatic carbocycles. The number of benzene rings is 1. The van der Waals surface area contributed by atoms with E-state index in [1.165, 1.54) is 0 Å². The quantitative estimate of drug-likeness (QED) is 0.566. The molecule has 2 heterocycles. The SMILES string of the molecule is CCC(O)CN(CCc1nc(-c2ccc(Br)cc2)no1)Cc1ccco1. The van der Waals surface area contributed by atoms with Crippen molar-refractivity contribution in [1.82, 2.24) is 15.0 Å². The first-order valence-electron chi connectivity index (χ1n) is 8.65. The van der Waals surface area contributed by atoms with Crippen LogP contribution in [-0.4, -0.2) is 39.3 Å². The fourth-order valence-corrected chi connectivity index (χ4v) is 2.88. The van der Waals surface area contributed by atoms with Crippen molar-refractivity contribution in [2.24, 2.45) is 0 Å². The summed E-state index contributed by atoms with van der Waals surface area (Å²) in [5, 5.41) is 14.1. The van der Waals surface area contributed by atoms with Gasteiger partial charge in [0.25, 0.3) is 0 Å². The Bertz CT molecular complexity index is 787. The van der Waals surface area contributed by atoms with Gasteiger partial charge in [-0.3, -0.25) is 4.90 Å². The Hall–Kier alpha value is -1.96. The molecule has 6 nitrogen and oxygen atoms in total. The second-order valence-corrected chi connectivity index (χ2v) is 7.06. The van der Waals surface area contributed by atoms with Crippen molar-refractivity contribution in [3.63, 3.8) is 0 Å². The minimum absolute atomic E-state index is 0.369. The summed E-state index contributed by atoms with van der Waals surface area (Å²) in [7, 11) is 0. The summed E-state index contributed by atoms with van der Waals surface area (Å²) in [5.41, 5.74) is 0.914. The van der Waals surface area contributed by atoms with Crippen molar-refractivity contribution in [3.05, 3.63) is 58.8 Å². The lowest BCUT2D eigenvalue weighted by Crippen LogP contribution is -2.33. The largest absolute Gasteiger partial charge is 0.468 e. The number of hydrogen-bond acceptors (Lipinski definition) is 6. The predicted octanol–water partition coefficient (Wildman–Crippen LogP) is 3.91. The van der Waals surface area contributed by atoms with Gasteiger partial charge in [0.05, 0.1) is 18.9 Å². The van der Waals surface area contributed by atoms with Gasteiger partial charge in [-0.1, -0.05) is 28.0 Å². The maximum absolute atomic E-state index is 10.0. The average molecular weight is 420 g/mol. The lowest BCUT2D eigenvalue weighted by atomic mass is 10.2. The molecule has 0 aliphatic heterocycles. The fraction of sp³-hybridized carbons (Fsp3) is 0.368. The summed E-state index contributed by atoms with van der Waals surface area (Å²) in [6.07, 6.45) is 2.61. The van der Waals surface area contributed by atoms with E-state index in [1.54, 1.807) is 6.26 Å². The zero-order valence-corrected chi connectivity index (χ0v) is 16.2. The minimum atomic E-state index is -0.369. The molecule has 0 spiro atoms. The van der Waals surface area contributed by atoms with Gasteiger partial charge in [-0.2, -0.15) is 4.98 Å². The molecule has 0 bridgehead atoms. The Labute approximate surface area is 161 Å². The van der Waals surface area contributed by atoms with E-state index in [0.717, 1.165) is 15.8 Å². The molecule has 138 valence electrons. The molecule has 1 N–H and O–H groups in total. The molecule has 0 radical (unpaired) electrons. The molecule has 7 heteroatoms. The van der Waals surface area contributed by atoms with E-state index in [-0.39, 0.29) is 6.10 Å². The molecule has 3 rings (SSSR count). The van der Waals surface area contributed by atoms with Crippen LogP contribution >= 0.6 is 15.9 Å². The fourth-order valence-electron chi connectivity index (χ4n) is 2.61. The Morgan fingerprint density at radius 2 is 2.04 bits per heavy atom. The Kier molecular flexibility index (Phi) is 6.60. The van der Waals surface area contributed by atoms with Crippen LogP contribution < -0.4 is 0 Å². The molecule has 0 saturated carbocycles. The average Bonchev–Trinajstić information content (AvgIpc) is 3.32. The van der Waals surface area contributed by atoms with E-state index in [4.69, 9.17) is 8.94 Å². The van der Waals surface area contributed by atoms with E-state index in [0.29, 0.717) is 44.2 Å². The zero-order valence-electron chi connectivity index (χ0n) is 14.6. The van der Waals surface area contributed by atoms with Gasteiger partial charge in [-0.05, 0) is 42.8 Å². The van der Waals surface area contributed by atoms with Gasteiger partial charge >= 0.3 is 0 Å². The molecule has 3 aromatic rings. The molecular weight excluding hydrogens is 398 g/mol. The van der Waals surface area contributed by atoms with Crippen molar-refractivity contribution in [1.29, 1.82) is 0 Å². The molecule has 2 aromatic heterocycles. The Morgan fingerprint density at radius 3 is 2.73 bits per heavy atom. The highest BCUT2D eigenvalue weighted by atomic mass is 79.9. The summed E-state index contributed by atoms with van der Waals surface area (Å²) in [6.45, 7) is 3.88. The zero-order chi connectivity index (χ0) is 18.4. The third-order valence-corrected chi connectivity index (χ3v) is 4.64. The van der Waals surface area contributed by atoms with E-state index < -0.39 is 0 Å². The van der Waals surface area contributed by atoms with Gasteiger partial charge in [0.2, 0.25) is 11.7 Å². The lowest BCUT2D eigenvalue weighted by Gasteiger charge is -2.23. The van der Waals surface area contributed by atoms with Crippen LogP contribution in [-0.2, 0) is 13.0 Å². The highest BCUT2D eigenvalue weighted by Crippen LogP contribution is 2.19. The molecule has 26 heavy (non-hydrogen) atoms. The number of aliphatic hydroxyl groups excluding tert-OH is 1. The standard InChI is InChI=1S/C19H22BrN3O3/c1-2-16(24)12-23(13-17-4-3-11-25-17)10-9-18-21-19(22-26-18)14-5-7-15(20)8-6-14/h3-8,11,16,24H,2,9-10,12-13H2,1H3. The number of hydrogen-bond donors (Lipinski definition) is 1. The second-order valence-electron chi connectivity index (χ2n) is 6.15. The molecule has 0 amide bonds. The highest BCUT2D eigenvalue weighted by Gasteiger charge is 2.15. The summed E-state index contributed by atoms with van der Waals surface area (Å²) in [4.78, 5) is 6.61. The summed E-state index contributed by atoms with van der Waals surface area (Å²) >= 11 is 3.42. The number of halogens is 1. The van der Waals surface area contributed by atoms with Crippen molar-refractivity contribution >= 4 is 15.9 Å². The number of aromatic nitrogens is 2. The van der Waals surface area contributed by atoms with Gasteiger partial charge in [0.15, 0.2) is 0 Å². The number of furan rings is 1. The van der Waals surface area contributed by atoms with E-state index in [9.17, 15) is 5.11 Å². The molecule has 0 fully saturated rings. The first-order chi connectivity index (χ1) is 12.6. The summed E-state index contributed by atoms with van der Waals surface area (Å²) in [5.74, 6) is 2.03. The highest BCUT2D eigenvalue weighted by molar-refractivity contribution is 9.10. The van der Waals surface area contributed by atoms with Crippen LogP contribution in [0.2, 0.25) is 0 Å². The van der Waals surface area contributed by atoms with Gasteiger partial charge in [-0.15, -0.1) is 0 Å². The third-order valence-electron chi connectivity index (χ3n) is 4.11. The van der Waals surface area contributed by atoms with Crippen LogP contribution in [0.15, 0.2) is 56.1 Å². The second kappa shape index (κ2) is 9.12. The summed E-state index contributed by atoms with van der Waals surface area (Å²) in [6, 6.07) is 11.6. The maximum Gasteiger partial charge on any atom is 0.228 e. The molecule has 1 atom stereocenters. The van der Waals surface area contributed by atoms with E-state index >= 15 is 0 Å². The lowest BCUT2D eigenvalue weighted by molar-refractivity contribution is 0.101. The number of nitrogens with zero attached hydrogens (tertiary/aromatic N) is 3. The third kappa shape index (κ3) is 5.27. The van der Waals surface area contributed by atoms with Crippen LogP contribution in [0.5, 0.6) is 0 Å². The smallest absolute Gasteiger partial charge is 0.228 e. The summed E-state index contributed by atoms with van der Waals surface area (Å²) < 4.78 is 11.8.